The summed E-state index contributed by atoms with van der Waals surface area (Å²) in [4.78, 5) is 17.1. The number of hydrogen-bond donors (Lipinski definition) is 1. The first-order chi connectivity index (χ1) is 13.4. The molecule has 1 aliphatic heterocycles. The van der Waals surface area contributed by atoms with Crippen LogP contribution < -0.4 is 10.1 Å². The Morgan fingerprint density at radius 2 is 1.57 bits per heavy atom. The summed E-state index contributed by atoms with van der Waals surface area (Å²) < 4.78 is 5.50. The van der Waals surface area contributed by atoms with Gasteiger partial charge in [0.1, 0.15) is 5.75 Å². The first kappa shape index (κ1) is 20.4. The summed E-state index contributed by atoms with van der Waals surface area (Å²) >= 11 is 0. The van der Waals surface area contributed by atoms with E-state index in [1.54, 1.807) is 7.11 Å². The van der Waals surface area contributed by atoms with Crippen LogP contribution in [-0.4, -0.2) is 55.5 Å². The number of aryl methyl sites for hydroxylation is 3. The van der Waals surface area contributed by atoms with Crippen LogP contribution in [0.4, 0.5) is 5.69 Å². The maximum atomic E-state index is 12.4. The Morgan fingerprint density at radius 1 is 0.929 bits per heavy atom. The lowest BCUT2D eigenvalue weighted by Gasteiger charge is -2.34. The van der Waals surface area contributed by atoms with Gasteiger partial charge in [0, 0.05) is 44.0 Å². The lowest BCUT2D eigenvalue weighted by Crippen LogP contribution is -2.48. The van der Waals surface area contributed by atoms with Gasteiger partial charge in [-0.25, -0.2) is 0 Å². The van der Waals surface area contributed by atoms with E-state index in [1.165, 1.54) is 11.1 Å². The zero-order chi connectivity index (χ0) is 20.1. The molecule has 1 heterocycles. The number of rotatable bonds is 6. The Bertz CT molecular complexity index is 806. The van der Waals surface area contributed by atoms with E-state index in [9.17, 15) is 4.79 Å². The number of carbonyl (C=O) groups is 1. The molecule has 0 radical (unpaired) electrons. The normalized spacial score (nSPS) is 15.4. The SMILES string of the molecule is COc1ccc(C)cc1CN1CCN(CC(=O)Nc2cc(C)cc(C)c2)CC1. The predicted octanol–water partition coefficient (Wildman–Crippen LogP) is 3.38. The fourth-order valence-corrected chi connectivity index (χ4v) is 3.83. The molecule has 0 spiro atoms. The molecule has 5 nitrogen and oxygen atoms in total. The molecule has 150 valence electrons. The highest BCUT2D eigenvalue weighted by Crippen LogP contribution is 2.22. The first-order valence-electron chi connectivity index (χ1n) is 9.89. The Kier molecular flexibility index (Phi) is 6.70. The number of carbonyl (C=O) groups excluding carboxylic acids is 1. The third-order valence-corrected chi connectivity index (χ3v) is 5.17. The smallest absolute Gasteiger partial charge is 0.238 e. The van der Waals surface area contributed by atoms with Gasteiger partial charge in [-0.15, -0.1) is 0 Å². The van der Waals surface area contributed by atoms with Crippen molar-refractivity contribution >= 4 is 11.6 Å². The second kappa shape index (κ2) is 9.22. The molecular weight excluding hydrogens is 350 g/mol. The van der Waals surface area contributed by atoms with Crippen LogP contribution in [0, 0.1) is 20.8 Å². The quantitative estimate of drug-likeness (QED) is 0.833. The van der Waals surface area contributed by atoms with Crippen molar-refractivity contribution in [2.75, 3.05) is 45.2 Å². The second-order valence-corrected chi connectivity index (χ2v) is 7.79. The van der Waals surface area contributed by atoms with Gasteiger partial charge < -0.3 is 10.1 Å². The minimum atomic E-state index is 0.0544. The molecule has 0 bridgehead atoms. The molecule has 2 aromatic rings. The predicted molar refractivity (Wildman–Crippen MR) is 114 cm³/mol. The van der Waals surface area contributed by atoms with Crippen LogP contribution in [0.1, 0.15) is 22.3 Å². The second-order valence-electron chi connectivity index (χ2n) is 7.79. The van der Waals surface area contributed by atoms with E-state index in [-0.39, 0.29) is 5.91 Å². The van der Waals surface area contributed by atoms with Crippen LogP contribution in [0.15, 0.2) is 36.4 Å². The van der Waals surface area contributed by atoms with Gasteiger partial charge in [-0.2, -0.15) is 0 Å². The van der Waals surface area contributed by atoms with Crippen molar-refractivity contribution in [3.63, 3.8) is 0 Å². The van der Waals surface area contributed by atoms with Gasteiger partial charge in [-0.1, -0.05) is 23.8 Å². The standard InChI is InChI=1S/C23H31N3O2/c1-17-5-6-22(28-4)20(12-17)15-25-7-9-26(10-8-25)16-23(27)24-21-13-18(2)11-19(3)14-21/h5-6,11-14H,7-10,15-16H2,1-4H3,(H,24,27). The van der Waals surface area contributed by atoms with Gasteiger partial charge in [-0.05, 0) is 50.1 Å². The van der Waals surface area contributed by atoms with E-state index in [0.717, 1.165) is 55.3 Å². The average molecular weight is 382 g/mol. The number of nitrogens with one attached hydrogen (secondary N) is 1. The molecule has 2 aromatic carbocycles. The van der Waals surface area contributed by atoms with Crippen molar-refractivity contribution in [1.82, 2.24) is 9.80 Å². The van der Waals surface area contributed by atoms with Gasteiger partial charge in [0.2, 0.25) is 5.91 Å². The van der Waals surface area contributed by atoms with E-state index < -0.39 is 0 Å². The Hall–Kier alpha value is -2.37. The zero-order valence-electron chi connectivity index (χ0n) is 17.4. The number of amides is 1. The van der Waals surface area contributed by atoms with Crippen LogP contribution in [0.2, 0.25) is 0 Å². The van der Waals surface area contributed by atoms with Gasteiger partial charge >= 0.3 is 0 Å². The molecule has 1 fully saturated rings. The number of hydrogen-bond acceptors (Lipinski definition) is 4. The number of methoxy groups -OCH3 is 1. The summed E-state index contributed by atoms with van der Waals surface area (Å²) in [6.45, 7) is 11.2. The monoisotopic (exact) mass is 381 g/mol. The van der Waals surface area contributed by atoms with Crippen LogP contribution in [-0.2, 0) is 11.3 Å². The van der Waals surface area contributed by atoms with Gasteiger partial charge in [0.05, 0.1) is 13.7 Å². The molecule has 5 heteroatoms. The van der Waals surface area contributed by atoms with Crippen molar-refractivity contribution in [1.29, 1.82) is 0 Å². The van der Waals surface area contributed by atoms with Crippen LogP contribution in [0.25, 0.3) is 0 Å². The molecule has 0 aromatic heterocycles. The number of ether oxygens (including phenoxy) is 1. The molecule has 1 amide bonds. The number of benzene rings is 2. The van der Waals surface area contributed by atoms with Crippen molar-refractivity contribution in [3.8, 4) is 5.75 Å². The molecule has 0 aliphatic carbocycles. The lowest BCUT2D eigenvalue weighted by atomic mass is 10.1. The largest absolute Gasteiger partial charge is 0.496 e. The summed E-state index contributed by atoms with van der Waals surface area (Å²) in [5.74, 6) is 1.000. The van der Waals surface area contributed by atoms with E-state index in [0.29, 0.717) is 6.54 Å². The highest BCUT2D eigenvalue weighted by molar-refractivity contribution is 5.92. The summed E-state index contributed by atoms with van der Waals surface area (Å²) in [5, 5.41) is 3.03. The fourth-order valence-electron chi connectivity index (χ4n) is 3.83. The van der Waals surface area contributed by atoms with Crippen LogP contribution in [0.3, 0.4) is 0 Å². The zero-order valence-corrected chi connectivity index (χ0v) is 17.4. The van der Waals surface area contributed by atoms with E-state index in [4.69, 9.17) is 4.74 Å². The number of nitrogens with zero attached hydrogens (tertiary/aromatic N) is 2. The minimum absolute atomic E-state index is 0.0544. The number of piperazine rings is 1. The van der Waals surface area contributed by atoms with Crippen LogP contribution >= 0.6 is 0 Å². The number of anilines is 1. The summed E-state index contributed by atoms with van der Waals surface area (Å²) in [6.07, 6.45) is 0. The summed E-state index contributed by atoms with van der Waals surface area (Å²) in [5.41, 5.74) is 5.68. The van der Waals surface area contributed by atoms with E-state index >= 15 is 0 Å². The molecule has 1 saturated heterocycles. The molecule has 0 atom stereocenters. The van der Waals surface area contributed by atoms with Gasteiger partial charge in [0.25, 0.3) is 0 Å². The molecule has 3 rings (SSSR count). The van der Waals surface area contributed by atoms with E-state index in [1.807, 2.05) is 32.0 Å². The molecule has 1 N–H and O–H groups in total. The maximum absolute atomic E-state index is 12.4. The topological polar surface area (TPSA) is 44.8 Å². The minimum Gasteiger partial charge on any atom is -0.496 e. The first-order valence-corrected chi connectivity index (χ1v) is 9.89. The lowest BCUT2D eigenvalue weighted by molar-refractivity contribution is -0.117. The molecule has 28 heavy (non-hydrogen) atoms. The third-order valence-electron chi connectivity index (χ3n) is 5.17. The molecule has 0 unspecified atom stereocenters. The Morgan fingerprint density at radius 3 is 2.21 bits per heavy atom. The Balaban J connectivity index is 1.49. The molecule has 1 aliphatic rings. The molecular formula is C23H31N3O2. The van der Waals surface area contributed by atoms with Gasteiger partial charge in [-0.3, -0.25) is 14.6 Å². The van der Waals surface area contributed by atoms with Crippen molar-refractivity contribution in [3.05, 3.63) is 58.7 Å². The maximum Gasteiger partial charge on any atom is 0.238 e. The van der Waals surface area contributed by atoms with Crippen LogP contribution in [0.5, 0.6) is 5.75 Å². The van der Waals surface area contributed by atoms with Gasteiger partial charge in [0.15, 0.2) is 0 Å². The van der Waals surface area contributed by atoms with E-state index in [2.05, 4.69) is 40.2 Å². The summed E-state index contributed by atoms with van der Waals surface area (Å²) in [6, 6.07) is 12.4. The fraction of sp³-hybridized carbons (Fsp3) is 0.435. The molecule has 0 saturated carbocycles. The van der Waals surface area contributed by atoms with Crippen molar-refractivity contribution in [2.24, 2.45) is 0 Å². The van der Waals surface area contributed by atoms with Crippen molar-refractivity contribution in [2.45, 2.75) is 27.3 Å². The average Bonchev–Trinajstić information content (AvgIpc) is 2.62. The third kappa shape index (κ3) is 5.57. The highest BCUT2D eigenvalue weighted by Gasteiger charge is 2.20. The summed E-state index contributed by atoms with van der Waals surface area (Å²) in [7, 11) is 1.72. The van der Waals surface area contributed by atoms with Crippen molar-refractivity contribution < 1.29 is 9.53 Å². The highest BCUT2D eigenvalue weighted by atomic mass is 16.5. The Labute approximate surface area is 168 Å².